The molecule has 0 spiro atoms. The molecule has 1 aliphatic heterocycles. The number of rotatable bonds is 7. The second-order valence-electron chi connectivity index (χ2n) is 9.54. The quantitative estimate of drug-likeness (QED) is 0.342. The Hall–Kier alpha value is -3.45. The van der Waals surface area contributed by atoms with E-state index in [1.807, 2.05) is 60.0 Å². The maximum absolute atomic E-state index is 12.8. The van der Waals surface area contributed by atoms with Gasteiger partial charge in [-0.25, -0.2) is 5.43 Å². The first kappa shape index (κ1) is 28.8. The SMILES string of the molecule is C=CCc1cccc(/C=N/NC(=O)CN2CCN(C(=O)c3ccc(C(C)(C)C)cc3)CC2)c1O.CC. The average molecular weight is 493 g/mol. The third kappa shape index (κ3) is 8.05. The van der Waals surface area contributed by atoms with Crippen LogP contribution in [-0.2, 0) is 16.6 Å². The fraction of sp³-hybridized carbons (Fsp3) is 0.414. The van der Waals surface area contributed by atoms with Crippen molar-refractivity contribution in [2.75, 3.05) is 32.7 Å². The van der Waals surface area contributed by atoms with Gasteiger partial charge in [-0.15, -0.1) is 6.58 Å². The Morgan fingerprint density at radius 1 is 1.06 bits per heavy atom. The molecular weight excluding hydrogens is 452 g/mol. The number of phenols is 1. The van der Waals surface area contributed by atoms with Gasteiger partial charge in [-0.3, -0.25) is 14.5 Å². The van der Waals surface area contributed by atoms with Crippen LogP contribution in [0.4, 0.5) is 0 Å². The number of carbonyl (C=O) groups is 2. The zero-order valence-electron chi connectivity index (χ0n) is 22.3. The molecule has 1 saturated heterocycles. The number of allylic oxidation sites excluding steroid dienone is 1. The second-order valence-corrected chi connectivity index (χ2v) is 9.54. The van der Waals surface area contributed by atoms with Gasteiger partial charge in [-0.2, -0.15) is 5.10 Å². The van der Waals surface area contributed by atoms with Crippen molar-refractivity contribution in [2.45, 2.75) is 46.5 Å². The molecule has 2 amide bonds. The van der Waals surface area contributed by atoms with Crippen LogP contribution in [0.1, 0.15) is 61.7 Å². The predicted octanol–water partition coefficient (Wildman–Crippen LogP) is 4.35. The third-order valence-corrected chi connectivity index (χ3v) is 5.93. The molecule has 1 heterocycles. The summed E-state index contributed by atoms with van der Waals surface area (Å²) in [6.45, 7) is 16.7. The maximum Gasteiger partial charge on any atom is 0.254 e. The number of hydrazone groups is 1. The highest BCUT2D eigenvalue weighted by Gasteiger charge is 2.23. The summed E-state index contributed by atoms with van der Waals surface area (Å²) < 4.78 is 0. The molecule has 2 aromatic carbocycles. The van der Waals surface area contributed by atoms with Crippen LogP contribution in [-0.4, -0.2) is 65.7 Å². The number of piperazine rings is 1. The van der Waals surface area contributed by atoms with Crippen LogP contribution in [0.15, 0.2) is 60.2 Å². The standard InChI is InChI=1S/C27H34N4O3.C2H6/c1-5-7-20-8-6-9-22(25(20)33)18-28-29-24(32)19-30-14-16-31(17-15-30)26(34)21-10-12-23(13-11-21)27(2,3)4;1-2/h5-6,8-13,18,33H,1,7,14-17,19H2,2-4H3,(H,29,32);1-2H3/b28-18+;. The van der Waals surface area contributed by atoms with Crippen LogP contribution < -0.4 is 5.43 Å². The molecule has 0 saturated carbocycles. The Morgan fingerprint density at radius 2 is 1.69 bits per heavy atom. The Kier molecular flexibility index (Phi) is 10.9. The highest BCUT2D eigenvalue weighted by molar-refractivity contribution is 5.94. The summed E-state index contributed by atoms with van der Waals surface area (Å²) in [7, 11) is 0. The van der Waals surface area contributed by atoms with Crippen LogP contribution in [0, 0.1) is 0 Å². The van der Waals surface area contributed by atoms with Crippen molar-refractivity contribution in [1.82, 2.24) is 15.2 Å². The number of amides is 2. The number of aromatic hydroxyl groups is 1. The first-order valence-electron chi connectivity index (χ1n) is 12.5. The van der Waals surface area contributed by atoms with E-state index >= 15 is 0 Å². The van der Waals surface area contributed by atoms with E-state index in [9.17, 15) is 14.7 Å². The van der Waals surface area contributed by atoms with Crippen molar-refractivity contribution in [1.29, 1.82) is 0 Å². The fourth-order valence-electron chi connectivity index (χ4n) is 3.85. The summed E-state index contributed by atoms with van der Waals surface area (Å²) >= 11 is 0. The van der Waals surface area contributed by atoms with Gasteiger partial charge < -0.3 is 10.0 Å². The number of hydrogen-bond acceptors (Lipinski definition) is 5. The van der Waals surface area contributed by atoms with Crippen molar-refractivity contribution in [3.05, 3.63) is 77.4 Å². The number of nitrogens with zero attached hydrogens (tertiary/aromatic N) is 3. The number of nitrogens with one attached hydrogen (secondary N) is 1. The molecule has 36 heavy (non-hydrogen) atoms. The van der Waals surface area contributed by atoms with Crippen molar-refractivity contribution in [2.24, 2.45) is 5.10 Å². The Bertz CT molecular complexity index is 1050. The summed E-state index contributed by atoms with van der Waals surface area (Å²) in [4.78, 5) is 29.0. The number of benzene rings is 2. The number of hydrogen-bond donors (Lipinski definition) is 2. The lowest BCUT2D eigenvalue weighted by atomic mass is 9.86. The van der Waals surface area contributed by atoms with E-state index < -0.39 is 0 Å². The molecule has 0 aliphatic carbocycles. The zero-order chi connectivity index (χ0) is 26.7. The maximum atomic E-state index is 12.8. The zero-order valence-corrected chi connectivity index (χ0v) is 22.3. The summed E-state index contributed by atoms with van der Waals surface area (Å²) in [5.41, 5.74) is 5.73. The first-order chi connectivity index (χ1) is 17.2. The molecule has 0 bridgehead atoms. The molecule has 0 aromatic heterocycles. The van der Waals surface area contributed by atoms with Gasteiger partial charge in [-0.05, 0) is 41.2 Å². The van der Waals surface area contributed by atoms with E-state index in [2.05, 4.69) is 37.9 Å². The van der Waals surface area contributed by atoms with Crippen molar-refractivity contribution >= 4 is 18.0 Å². The van der Waals surface area contributed by atoms with Crippen LogP contribution in [0.5, 0.6) is 5.75 Å². The van der Waals surface area contributed by atoms with Crippen LogP contribution >= 0.6 is 0 Å². The van der Waals surface area contributed by atoms with E-state index in [0.717, 1.165) is 5.56 Å². The van der Waals surface area contributed by atoms with Gasteiger partial charge in [0.15, 0.2) is 0 Å². The molecule has 0 unspecified atom stereocenters. The second kappa shape index (κ2) is 13.6. The summed E-state index contributed by atoms with van der Waals surface area (Å²) in [6, 6.07) is 13.2. The van der Waals surface area contributed by atoms with Crippen LogP contribution in [0.25, 0.3) is 0 Å². The van der Waals surface area contributed by atoms with Crippen LogP contribution in [0.2, 0.25) is 0 Å². The van der Waals surface area contributed by atoms with Gasteiger partial charge in [0.1, 0.15) is 5.75 Å². The summed E-state index contributed by atoms with van der Waals surface area (Å²) in [5.74, 6) is -0.0857. The van der Waals surface area contributed by atoms with E-state index in [1.165, 1.54) is 11.8 Å². The smallest absolute Gasteiger partial charge is 0.254 e. The number of phenolic OH excluding ortho intramolecular Hbond substituents is 1. The third-order valence-electron chi connectivity index (χ3n) is 5.93. The number of carbonyl (C=O) groups excluding carboxylic acids is 2. The lowest BCUT2D eigenvalue weighted by molar-refractivity contribution is -0.122. The minimum absolute atomic E-state index is 0.0210. The van der Waals surface area contributed by atoms with E-state index in [1.54, 1.807) is 12.1 Å². The minimum atomic E-state index is -0.240. The monoisotopic (exact) mass is 492 g/mol. The Balaban J connectivity index is 0.00000222. The van der Waals surface area contributed by atoms with Crippen LogP contribution in [0.3, 0.4) is 0 Å². The average Bonchev–Trinajstić information content (AvgIpc) is 2.87. The molecule has 7 heteroatoms. The molecule has 194 valence electrons. The molecule has 0 atom stereocenters. The molecule has 7 nitrogen and oxygen atoms in total. The van der Waals surface area contributed by atoms with Crippen molar-refractivity contribution in [3.63, 3.8) is 0 Å². The minimum Gasteiger partial charge on any atom is -0.507 e. The lowest BCUT2D eigenvalue weighted by Gasteiger charge is -2.34. The lowest BCUT2D eigenvalue weighted by Crippen LogP contribution is -2.50. The Labute approximate surface area is 215 Å². The van der Waals surface area contributed by atoms with Gasteiger partial charge in [0.05, 0.1) is 12.8 Å². The molecule has 0 radical (unpaired) electrons. The van der Waals surface area contributed by atoms with Gasteiger partial charge in [0.2, 0.25) is 0 Å². The predicted molar refractivity (Wildman–Crippen MR) is 147 cm³/mol. The van der Waals surface area contributed by atoms with E-state index in [-0.39, 0.29) is 29.5 Å². The molecule has 2 N–H and O–H groups in total. The van der Waals surface area contributed by atoms with Gasteiger partial charge >= 0.3 is 0 Å². The Morgan fingerprint density at radius 3 is 2.28 bits per heavy atom. The van der Waals surface area contributed by atoms with Gasteiger partial charge in [0, 0.05) is 37.3 Å². The van der Waals surface area contributed by atoms with Gasteiger partial charge in [0.25, 0.3) is 11.8 Å². The van der Waals surface area contributed by atoms with Crippen molar-refractivity contribution in [3.8, 4) is 5.75 Å². The molecule has 3 rings (SSSR count). The molecule has 2 aromatic rings. The van der Waals surface area contributed by atoms with Crippen molar-refractivity contribution < 1.29 is 14.7 Å². The fourth-order valence-corrected chi connectivity index (χ4v) is 3.85. The number of para-hydroxylation sites is 1. The molecule has 1 fully saturated rings. The highest BCUT2D eigenvalue weighted by atomic mass is 16.3. The first-order valence-corrected chi connectivity index (χ1v) is 12.5. The van der Waals surface area contributed by atoms with Gasteiger partial charge in [-0.1, -0.05) is 65.0 Å². The summed E-state index contributed by atoms with van der Waals surface area (Å²) in [5, 5.41) is 14.2. The summed E-state index contributed by atoms with van der Waals surface area (Å²) in [6.07, 6.45) is 3.70. The van der Waals surface area contributed by atoms with E-state index in [4.69, 9.17) is 0 Å². The topological polar surface area (TPSA) is 85.2 Å². The normalized spacial score (nSPS) is 14.2. The molecular formula is C29H40N4O3. The highest BCUT2D eigenvalue weighted by Crippen LogP contribution is 2.23. The molecule has 1 aliphatic rings. The largest absolute Gasteiger partial charge is 0.507 e. The van der Waals surface area contributed by atoms with E-state index in [0.29, 0.717) is 43.7 Å².